The molecule has 0 aromatic carbocycles. The van der Waals surface area contributed by atoms with Crippen LogP contribution < -0.4 is 4.74 Å². The summed E-state index contributed by atoms with van der Waals surface area (Å²) in [5.74, 6) is 0.466. The third-order valence-electron chi connectivity index (χ3n) is 1.80. The molecule has 1 heterocycles. The summed E-state index contributed by atoms with van der Waals surface area (Å²) < 4.78 is 17.3. The van der Waals surface area contributed by atoms with Gasteiger partial charge in [0.1, 0.15) is 5.75 Å². The molecular weight excluding hydrogens is 181 g/mol. The Balaban J connectivity index is 2.79. The molecule has 0 aliphatic carbocycles. The number of hydrogen-bond donors (Lipinski definition) is 0. The van der Waals surface area contributed by atoms with Crippen LogP contribution in [0, 0.1) is 0 Å². The number of pyridine rings is 1. The molecular formula is C11H16FNO. The van der Waals surface area contributed by atoms with Crippen molar-refractivity contribution in [3.63, 3.8) is 0 Å². The Morgan fingerprint density at radius 1 is 1.36 bits per heavy atom. The number of ether oxygens (including phenoxy) is 1. The smallest absolute Gasteiger partial charge is 0.235 e. The van der Waals surface area contributed by atoms with Crippen LogP contribution in [0.15, 0.2) is 18.3 Å². The zero-order valence-corrected chi connectivity index (χ0v) is 9.04. The minimum Gasteiger partial charge on any atom is -0.459 e. The molecule has 1 aromatic heterocycles. The summed E-state index contributed by atoms with van der Waals surface area (Å²) in [6, 6.07) is 3.60. The fraction of sp³-hybridized carbons (Fsp3) is 0.545. The number of alkyl halides is 1. The minimum absolute atomic E-state index is 0.0138. The van der Waals surface area contributed by atoms with Crippen molar-refractivity contribution in [2.75, 3.05) is 0 Å². The molecule has 1 unspecified atom stereocenters. The molecule has 0 radical (unpaired) electrons. The lowest BCUT2D eigenvalue weighted by molar-refractivity contribution is 0.0855. The monoisotopic (exact) mass is 197 g/mol. The molecule has 0 aliphatic heterocycles. The fourth-order valence-electron chi connectivity index (χ4n) is 1.08. The Morgan fingerprint density at radius 3 is 2.36 bits per heavy atom. The van der Waals surface area contributed by atoms with Crippen molar-refractivity contribution in [2.45, 2.75) is 39.5 Å². The van der Waals surface area contributed by atoms with Gasteiger partial charge in [0.15, 0.2) is 0 Å². The second-order valence-electron chi connectivity index (χ2n) is 4.29. The molecule has 0 fully saturated rings. The Bertz CT molecular complexity index is 287. The van der Waals surface area contributed by atoms with Crippen molar-refractivity contribution in [3.8, 4) is 5.75 Å². The first-order chi connectivity index (χ1) is 6.39. The highest BCUT2D eigenvalue weighted by Crippen LogP contribution is 2.21. The summed E-state index contributed by atoms with van der Waals surface area (Å²) in [6.45, 7) is 7.58. The molecule has 1 aromatic rings. The number of aromatic nitrogens is 1. The van der Waals surface area contributed by atoms with E-state index in [9.17, 15) is 4.39 Å². The van der Waals surface area contributed by atoms with Gasteiger partial charge in [-0.3, -0.25) is 4.98 Å². The molecule has 0 bridgehead atoms. The van der Waals surface area contributed by atoms with Crippen molar-refractivity contribution < 1.29 is 9.13 Å². The molecule has 78 valence electrons. The molecule has 0 spiro atoms. The second-order valence-corrected chi connectivity index (χ2v) is 4.29. The average Bonchev–Trinajstić information content (AvgIpc) is 2.02. The van der Waals surface area contributed by atoms with Crippen LogP contribution in [-0.2, 0) is 5.41 Å². The summed E-state index contributed by atoms with van der Waals surface area (Å²) in [4.78, 5) is 4.21. The first kappa shape index (κ1) is 11.0. The van der Waals surface area contributed by atoms with Gasteiger partial charge in [-0.1, -0.05) is 20.8 Å². The van der Waals surface area contributed by atoms with Gasteiger partial charge in [0, 0.05) is 18.0 Å². The molecule has 1 rings (SSSR count). The van der Waals surface area contributed by atoms with Crippen molar-refractivity contribution in [1.82, 2.24) is 4.98 Å². The zero-order valence-electron chi connectivity index (χ0n) is 9.04. The van der Waals surface area contributed by atoms with E-state index < -0.39 is 6.36 Å². The standard InChI is InChI=1S/C11H16FNO/c1-8(12)14-9-5-6-10(13-7-9)11(2,3)4/h5-8H,1-4H3. The third kappa shape index (κ3) is 2.98. The summed E-state index contributed by atoms with van der Waals surface area (Å²) >= 11 is 0. The molecule has 0 saturated heterocycles. The van der Waals surface area contributed by atoms with Gasteiger partial charge >= 0.3 is 0 Å². The van der Waals surface area contributed by atoms with Crippen LogP contribution in [0.4, 0.5) is 4.39 Å². The van der Waals surface area contributed by atoms with Crippen LogP contribution in [0.1, 0.15) is 33.4 Å². The maximum Gasteiger partial charge on any atom is 0.235 e. The van der Waals surface area contributed by atoms with Crippen molar-refractivity contribution in [3.05, 3.63) is 24.0 Å². The number of halogens is 1. The summed E-state index contributed by atoms with van der Waals surface area (Å²) in [5, 5.41) is 0. The highest BCUT2D eigenvalue weighted by atomic mass is 19.1. The summed E-state index contributed by atoms with van der Waals surface area (Å²) in [5.41, 5.74) is 0.983. The van der Waals surface area contributed by atoms with Gasteiger partial charge < -0.3 is 4.74 Å². The van der Waals surface area contributed by atoms with Gasteiger partial charge in [0.05, 0.1) is 6.20 Å². The largest absolute Gasteiger partial charge is 0.459 e. The van der Waals surface area contributed by atoms with E-state index in [4.69, 9.17) is 4.74 Å². The van der Waals surface area contributed by atoms with Crippen molar-refractivity contribution in [2.24, 2.45) is 0 Å². The van der Waals surface area contributed by atoms with E-state index in [1.54, 1.807) is 12.3 Å². The highest BCUT2D eigenvalue weighted by molar-refractivity contribution is 5.23. The second kappa shape index (κ2) is 3.95. The van der Waals surface area contributed by atoms with Gasteiger partial charge in [0.25, 0.3) is 0 Å². The predicted molar refractivity (Wildman–Crippen MR) is 54.1 cm³/mol. The topological polar surface area (TPSA) is 22.1 Å². The number of rotatable bonds is 2. The van der Waals surface area contributed by atoms with Crippen LogP contribution in [0.2, 0.25) is 0 Å². The number of nitrogens with zero attached hydrogens (tertiary/aromatic N) is 1. The summed E-state index contributed by atoms with van der Waals surface area (Å²) in [6.07, 6.45) is 0.258. The number of hydrogen-bond acceptors (Lipinski definition) is 2. The van der Waals surface area contributed by atoms with Crippen LogP contribution in [-0.4, -0.2) is 11.3 Å². The lowest BCUT2D eigenvalue weighted by Crippen LogP contribution is -2.13. The van der Waals surface area contributed by atoms with Crippen LogP contribution in [0.5, 0.6) is 5.75 Å². The van der Waals surface area contributed by atoms with Crippen molar-refractivity contribution >= 4 is 0 Å². The Kier molecular flexibility index (Phi) is 3.09. The quantitative estimate of drug-likeness (QED) is 0.726. The Labute approximate surface area is 84.1 Å². The Morgan fingerprint density at radius 2 is 2.00 bits per heavy atom. The van der Waals surface area contributed by atoms with Gasteiger partial charge in [-0.2, -0.15) is 0 Å². The lowest BCUT2D eigenvalue weighted by atomic mass is 9.92. The third-order valence-corrected chi connectivity index (χ3v) is 1.80. The van der Waals surface area contributed by atoms with E-state index in [0.29, 0.717) is 5.75 Å². The maximum absolute atomic E-state index is 12.5. The minimum atomic E-state index is -1.29. The molecule has 14 heavy (non-hydrogen) atoms. The Hall–Kier alpha value is -1.12. The molecule has 3 heteroatoms. The normalized spacial score (nSPS) is 13.8. The van der Waals surface area contributed by atoms with Gasteiger partial charge in [-0.25, -0.2) is 4.39 Å². The van der Waals surface area contributed by atoms with E-state index in [1.165, 1.54) is 6.92 Å². The fourth-order valence-corrected chi connectivity index (χ4v) is 1.08. The van der Waals surface area contributed by atoms with E-state index in [1.807, 2.05) is 6.07 Å². The van der Waals surface area contributed by atoms with Gasteiger partial charge in [-0.05, 0) is 12.1 Å². The lowest BCUT2D eigenvalue weighted by Gasteiger charge is -2.17. The van der Waals surface area contributed by atoms with E-state index in [2.05, 4.69) is 25.8 Å². The van der Waals surface area contributed by atoms with Gasteiger partial charge in [0.2, 0.25) is 6.36 Å². The zero-order chi connectivity index (χ0) is 10.8. The molecule has 0 amide bonds. The first-order valence-electron chi connectivity index (χ1n) is 4.67. The molecule has 1 atom stereocenters. The van der Waals surface area contributed by atoms with Crippen LogP contribution in [0.3, 0.4) is 0 Å². The SMILES string of the molecule is CC(F)Oc1ccc(C(C)(C)C)nc1. The molecule has 0 saturated carbocycles. The van der Waals surface area contributed by atoms with E-state index in [0.717, 1.165) is 5.69 Å². The van der Waals surface area contributed by atoms with Gasteiger partial charge in [-0.15, -0.1) is 0 Å². The van der Waals surface area contributed by atoms with E-state index >= 15 is 0 Å². The average molecular weight is 197 g/mol. The summed E-state index contributed by atoms with van der Waals surface area (Å²) in [7, 11) is 0. The van der Waals surface area contributed by atoms with E-state index in [-0.39, 0.29) is 5.41 Å². The molecule has 2 nitrogen and oxygen atoms in total. The maximum atomic E-state index is 12.5. The highest BCUT2D eigenvalue weighted by Gasteiger charge is 2.14. The molecule has 0 N–H and O–H groups in total. The molecule has 0 aliphatic rings. The first-order valence-corrected chi connectivity index (χ1v) is 4.67. The van der Waals surface area contributed by atoms with Crippen LogP contribution >= 0.6 is 0 Å². The van der Waals surface area contributed by atoms with Crippen LogP contribution in [0.25, 0.3) is 0 Å². The predicted octanol–water partition coefficient (Wildman–Crippen LogP) is 3.07. The van der Waals surface area contributed by atoms with Crippen molar-refractivity contribution in [1.29, 1.82) is 0 Å².